The lowest BCUT2D eigenvalue weighted by Gasteiger charge is -2.24. The molecule has 1 rings (SSSR count). The number of carbonyl (C=O) groups excluding carboxylic acids is 2. The van der Waals surface area contributed by atoms with Gasteiger partial charge >= 0.3 is 5.97 Å². The molecular formula is C15H26O3. The molecule has 1 fully saturated rings. The van der Waals surface area contributed by atoms with E-state index in [1.807, 2.05) is 13.8 Å². The van der Waals surface area contributed by atoms with Crippen LogP contribution in [-0.4, -0.2) is 18.4 Å². The molecule has 1 unspecified atom stereocenters. The van der Waals surface area contributed by atoms with Gasteiger partial charge in [0.05, 0.1) is 6.61 Å². The van der Waals surface area contributed by atoms with Gasteiger partial charge in [-0.1, -0.05) is 46.0 Å². The monoisotopic (exact) mass is 254 g/mol. The fraction of sp³-hybridized carbons (Fsp3) is 0.867. The largest absolute Gasteiger partial charge is 0.465 e. The van der Waals surface area contributed by atoms with E-state index in [1.165, 1.54) is 19.3 Å². The first-order valence-corrected chi connectivity index (χ1v) is 7.25. The van der Waals surface area contributed by atoms with Gasteiger partial charge in [-0.25, -0.2) is 0 Å². The average molecular weight is 254 g/mol. The Morgan fingerprint density at radius 1 is 1.17 bits per heavy atom. The molecule has 0 N–H and O–H groups in total. The summed E-state index contributed by atoms with van der Waals surface area (Å²) in [6.45, 7) is 5.96. The first-order valence-electron chi connectivity index (χ1n) is 7.25. The Bertz CT molecular complexity index is 277. The molecule has 18 heavy (non-hydrogen) atoms. The minimum Gasteiger partial charge on any atom is -0.465 e. The van der Waals surface area contributed by atoms with Crippen LogP contribution in [0.3, 0.4) is 0 Å². The summed E-state index contributed by atoms with van der Waals surface area (Å²) in [7, 11) is 0. The van der Waals surface area contributed by atoms with E-state index < -0.39 is 5.92 Å². The zero-order valence-corrected chi connectivity index (χ0v) is 11.9. The Morgan fingerprint density at radius 2 is 1.78 bits per heavy atom. The highest BCUT2D eigenvalue weighted by molar-refractivity contribution is 5.99. The first kappa shape index (κ1) is 15.2. The van der Waals surface area contributed by atoms with Crippen molar-refractivity contribution < 1.29 is 14.3 Å². The van der Waals surface area contributed by atoms with Crippen LogP contribution < -0.4 is 0 Å². The molecule has 1 aliphatic rings. The quantitative estimate of drug-likeness (QED) is 0.539. The summed E-state index contributed by atoms with van der Waals surface area (Å²) in [5, 5.41) is 0. The summed E-state index contributed by atoms with van der Waals surface area (Å²) in [4.78, 5) is 24.1. The third kappa shape index (κ3) is 4.43. The number of ketones is 1. The van der Waals surface area contributed by atoms with Crippen molar-refractivity contribution in [3.63, 3.8) is 0 Å². The molecule has 0 aromatic carbocycles. The highest BCUT2D eigenvalue weighted by Crippen LogP contribution is 2.28. The number of esters is 1. The third-order valence-electron chi connectivity index (χ3n) is 3.77. The smallest absolute Gasteiger partial charge is 0.316 e. The van der Waals surface area contributed by atoms with Gasteiger partial charge in [0, 0.05) is 6.42 Å². The number of hydrogen-bond acceptors (Lipinski definition) is 3. The lowest BCUT2D eigenvalue weighted by Crippen LogP contribution is -2.32. The minimum absolute atomic E-state index is 0.0279. The molecule has 1 aliphatic carbocycles. The fourth-order valence-electron chi connectivity index (χ4n) is 2.81. The van der Waals surface area contributed by atoms with Gasteiger partial charge in [0.2, 0.25) is 0 Å². The first-order chi connectivity index (χ1) is 8.56. The lowest BCUT2D eigenvalue weighted by atomic mass is 9.81. The van der Waals surface area contributed by atoms with Gasteiger partial charge in [0.15, 0.2) is 0 Å². The Balaban J connectivity index is 2.56. The number of ether oxygens (including phenoxy) is 1. The molecule has 3 heteroatoms. The van der Waals surface area contributed by atoms with E-state index in [-0.39, 0.29) is 17.7 Å². The van der Waals surface area contributed by atoms with Crippen LogP contribution in [0.15, 0.2) is 0 Å². The summed E-state index contributed by atoms with van der Waals surface area (Å²) >= 11 is 0. The lowest BCUT2D eigenvalue weighted by molar-refractivity contribution is -0.153. The zero-order chi connectivity index (χ0) is 13.5. The third-order valence-corrected chi connectivity index (χ3v) is 3.77. The predicted molar refractivity (Wildman–Crippen MR) is 71.2 cm³/mol. The maximum atomic E-state index is 12.3. The van der Waals surface area contributed by atoms with Crippen molar-refractivity contribution in [2.45, 2.75) is 59.3 Å². The van der Waals surface area contributed by atoms with Gasteiger partial charge in [-0.05, 0) is 18.8 Å². The topological polar surface area (TPSA) is 43.4 Å². The van der Waals surface area contributed by atoms with Crippen molar-refractivity contribution in [2.75, 3.05) is 6.61 Å². The summed E-state index contributed by atoms with van der Waals surface area (Å²) in [6.07, 6.45) is 6.57. The minimum atomic E-state index is -0.563. The molecule has 0 bridgehead atoms. The van der Waals surface area contributed by atoms with Gasteiger partial charge in [0.25, 0.3) is 0 Å². The van der Waals surface area contributed by atoms with Crippen LogP contribution >= 0.6 is 0 Å². The van der Waals surface area contributed by atoms with Gasteiger partial charge in [0.1, 0.15) is 11.7 Å². The second kappa shape index (κ2) is 7.55. The molecule has 0 spiro atoms. The molecule has 3 nitrogen and oxygen atoms in total. The van der Waals surface area contributed by atoms with Crippen LogP contribution in [0.25, 0.3) is 0 Å². The predicted octanol–water partition coefficient (Wildman–Crippen LogP) is 3.36. The summed E-state index contributed by atoms with van der Waals surface area (Å²) in [5.41, 5.74) is 0. The Labute approximate surface area is 110 Å². The molecule has 0 aromatic heterocycles. The molecule has 0 saturated heterocycles. The van der Waals surface area contributed by atoms with E-state index in [0.717, 1.165) is 12.8 Å². The molecular weight excluding hydrogens is 228 g/mol. The van der Waals surface area contributed by atoms with Crippen molar-refractivity contribution in [2.24, 2.45) is 17.8 Å². The van der Waals surface area contributed by atoms with Crippen molar-refractivity contribution >= 4 is 11.8 Å². The van der Waals surface area contributed by atoms with Gasteiger partial charge in [-0.2, -0.15) is 0 Å². The second-order valence-electron chi connectivity index (χ2n) is 5.65. The van der Waals surface area contributed by atoms with Crippen LogP contribution in [0.4, 0.5) is 0 Å². The second-order valence-corrected chi connectivity index (χ2v) is 5.65. The Hall–Kier alpha value is -0.860. The molecule has 0 aliphatic heterocycles. The van der Waals surface area contributed by atoms with Crippen LogP contribution in [0.1, 0.15) is 59.3 Å². The van der Waals surface area contributed by atoms with E-state index in [9.17, 15) is 9.59 Å². The number of hydrogen-bond donors (Lipinski definition) is 0. The molecule has 0 aromatic rings. The SMILES string of the molecule is CCOC(=O)C(C(=O)CC1CCCCC1)C(C)C. The summed E-state index contributed by atoms with van der Waals surface area (Å²) in [5.74, 6) is -0.308. The van der Waals surface area contributed by atoms with Crippen LogP contribution in [-0.2, 0) is 14.3 Å². The maximum absolute atomic E-state index is 12.3. The van der Waals surface area contributed by atoms with Crippen molar-refractivity contribution in [1.82, 2.24) is 0 Å². The maximum Gasteiger partial charge on any atom is 0.316 e. The average Bonchev–Trinajstić information content (AvgIpc) is 2.30. The molecule has 0 heterocycles. The normalized spacial score (nSPS) is 18.7. The highest BCUT2D eigenvalue weighted by atomic mass is 16.5. The van der Waals surface area contributed by atoms with E-state index in [1.54, 1.807) is 6.92 Å². The zero-order valence-electron chi connectivity index (χ0n) is 11.9. The van der Waals surface area contributed by atoms with Crippen LogP contribution in [0, 0.1) is 17.8 Å². The molecule has 104 valence electrons. The van der Waals surface area contributed by atoms with Crippen molar-refractivity contribution in [1.29, 1.82) is 0 Å². The van der Waals surface area contributed by atoms with E-state index >= 15 is 0 Å². The van der Waals surface area contributed by atoms with E-state index in [0.29, 0.717) is 18.9 Å². The van der Waals surface area contributed by atoms with Crippen molar-refractivity contribution in [3.05, 3.63) is 0 Å². The Kier molecular flexibility index (Phi) is 6.37. The van der Waals surface area contributed by atoms with E-state index in [2.05, 4.69) is 0 Å². The van der Waals surface area contributed by atoms with E-state index in [4.69, 9.17) is 4.74 Å². The Morgan fingerprint density at radius 3 is 2.28 bits per heavy atom. The molecule has 1 saturated carbocycles. The number of rotatable bonds is 6. The molecule has 0 radical (unpaired) electrons. The van der Waals surface area contributed by atoms with Gasteiger partial charge in [-0.3, -0.25) is 9.59 Å². The van der Waals surface area contributed by atoms with Gasteiger partial charge in [-0.15, -0.1) is 0 Å². The van der Waals surface area contributed by atoms with Crippen LogP contribution in [0.5, 0.6) is 0 Å². The van der Waals surface area contributed by atoms with Gasteiger partial charge < -0.3 is 4.74 Å². The highest BCUT2D eigenvalue weighted by Gasteiger charge is 2.32. The van der Waals surface area contributed by atoms with Crippen LogP contribution in [0.2, 0.25) is 0 Å². The number of carbonyl (C=O) groups is 2. The fourth-order valence-corrected chi connectivity index (χ4v) is 2.81. The standard InChI is InChI=1S/C15H26O3/c1-4-18-15(17)14(11(2)3)13(16)10-12-8-6-5-7-9-12/h11-12,14H,4-10H2,1-3H3. The number of Topliss-reactive ketones (excluding diaryl/α,β-unsaturated/α-hetero) is 1. The van der Waals surface area contributed by atoms with Crippen molar-refractivity contribution in [3.8, 4) is 0 Å². The molecule has 1 atom stereocenters. The summed E-state index contributed by atoms with van der Waals surface area (Å²) < 4.78 is 5.02. The summed E-state index contributed by atoms with van der Waals surface area (Å²) in [6, 6.07) is 0. The molecule has 0 amide bonds.